The molecule has 0 aliphatic heterocycles. The molecule has 0 heterocycles. The van der Waals surface area contributed by atoms with Crippen molar-refractivity contribution in [1.29, 1.82) is 0 Å². The van der Waals surface area contributed by atoms with Crippen LogP contribution in [0.1, 0.15) is 26.2 Å². The van der Waals surface area contributed by atoms with Crippen LogP contribution in [0.5, 0.6) is 0 Å². The van der Waals surface area contributed by atoms with Gasteiger partial charge in [-0.1, -0.05) is 19.8 Å². The monoisotopic (exact) mass is 169 g/mol. The molecule has 0 saturated heterocycles. The van der Waals surface area contributed by atoms with E-state index in [4.69, 9.17) is 0 Å². The molecule has 0 aliphatic rings. The van der Waals surface area contributed by atoms with Crippen molar-refractivity contribution in [3.05, 3.63) is 0 Å². The number of alkyl halides is 3. The summed E-state index contributed by atoms with van der Waals surface area (Å²) in [6.07, 6.45) is -1.73. The average Bonchev–Trinajstić information content (AvgIpc) is 1.86. The summed E-state index contributed by atoms with van der Waals surface area (Å²) in [7, 11) is 1.08. The quantitative estimate of drug-likeness (QED) is 0.462. The van der Waals surface area contributed by atoms with Gasteiger partial charge in [0.25, 0.3) is 0 Å². The molecule has 0 aliphatic carbocycles. The van der Waals surface area contributed by atoms with E-state index < -0.39 is 6.30 Å². The molecule has 0 unspecified atom stereocenters. The zero-order valence-electron chi connectivity index (χ0n) is 6.91. The van der Waals surface area contributed by atoms with Crippen LogP contribution >= 0.6 is 0 Å². The van der Waals surface area contributed by atoms with Gasteiger partial charge in [0.2, 0.25) is 0 Å². The fourth-order valence-electron chi connectivity index (χ4n) is 0.726. The summed E-state index contributed by atoms with van der Waals surface area (Å²) in [6.45, 7) is 2.07. The Morgan fingerprint density at radius 1 is 1.18 bits per heavy atom. The minimum atomic E-state index is -4.16. The first-order valence-corrected chi connectivity index (χ1v) is 3.76. The van der Waals surface area contributed by atoms with Gasteiger partial charge in [-0.15, -0.1) is 0 Å². The van der Waals surface area contributed by atoms with Crippen LogP contribution in [-0.4, -0.2) is 24.8 Å². The second-order valence-electron chi connectivity index (χ2n) is 2.60. The lowest BCUT2D eigenvalue weighted by Gasteiger charge is -2.19. The molecule has 0 bridgehead atoms. The van der Waals surface area contributed by atoms with Gasteiger partial charge in [0.15, 0.2) is 0 Å². The Morgan fingerprint density at radius 2 is 1.73 bits per heavy atom. The van der Waals surface area contributed by atoms with E-state index in [2.05, 4.69) is 0 Å². The maximum absolute atomic E-state index is 11.8. The fraction of sp³-hybridized carbons (Fsp3) is 1.00. The lowest BCUT2D eigenvalue weighted by atomic mass is 10.2. The molecule has 68 valence electrons. The predicted octanol–water partition coefficient (Wildman–Crippen LogP) is 2.63. The molecular weight excluding hydrogens is 155 g/mol. The summed E-state index contributed by atoms with van der Waals surface area (Å²) >= 11 is 0. The summed E-state index contributed by atoms with van der Waals surface area (Å²) in [5, 5.41) is 0. The van der Waals surface area contributed by atoms with Crippen molar-refractivity contribution in [3.8, 4) is 0 Å². The normalized spacial score (nSPS) is 12.5. The number of nitrogens with zero attached hydrogens (tertiary/aromatic N) is 1. The maximum Gasteiger partial charge on any atom is 0.459 e. The van der Waals surface area contributed by atoms with Crippen molar-refractivity contribution in [3.63, 3.8) is 0 Å². The standard InChI is InChI=1S/C7H14F3N/c1-3-4-5-6-11(2)7(8,9)10/h3-6H2,1-2H3. The van der Waals surface area contributed by atoms with Crippen LogP contribution in [0.3, 0.4) is 0 Å². The van der Waals surface area contributed by atoms with E-state index in [1.807, 2.05) is 6.92 Å². The highest BCUT2D eigenvalue weighted by atomic mass is 19.4. The van der Waals surface area contributed by atoms with Crippen molar-refractivity contribution >= 4 is 0 Å². The molecule has 0 radical (unpaired) electrons. The first kappa shape index (κ1) is 10.8. The third kappa shape index (κ3) is 5.07. The van der Waals surface area contributed by atoms with Crippen molar-refractivity contribution < 1.29 is 13.2 Å². The van der Waals surface area contributed by atoms with Gasteiger partial charge in [0, 0.05) is 6.54 Å². The van der Waals surface area contributed by atoms with E-state index in [1.165, 1.54) is 0 Å². The molecule has 1 nitrogen and oxygen atoms in total. The van der Waals surface area contributed by atoms with Crippen LogP contribution in [0.4, 0.5) is 13.2 Å². The molecule has 0 amide bonds. The number of halogens is 3. The van der Waals surface area contributed by atoms with Gasteiger partial charge in [-0.2, -0.15) is 13.2 Å². The average molecular weight is 169 g/mol. The minimum absolute atomic E-state index is 0.108. The molecule has 0 aromatic heterocycles. The van der Waals surface area contributed by atoms with Gasteiger partial charge >= 0.3 is 6.30 Å². The molecule has 0 aromatic rings. The van der Waals surface area contributed by atoms with Crippen molar-refractivity contribution in [2.75, 3.05) is 13.6 Å². The van der Waals surface area contributed by atoms with Crippen LogP contribution in [0.15, 0.2) is 0 Å². The van der Waals surface area contributed by atoms with Gasteiger partial charge in [-0.05, 0) is 13.5 Å². The topological polar surface area (TPSA) is 3.24 Å². The molecule has 0 spiro atoms. The number of unbranched alkanes of at least 4 members (excludes halogenated alkanes) is 2. The second kappa shape index (κ2) is 4.59. The Morgan fingerprint density at radius 3 is 2.09 bits per heavy atom. The van der Waals surface area contributed by atoms with Gasteiger partial charge < -0.3 is 0 Å². The Labute approximate surface area is 65.2 Å². The Bertz CT molecular complexity index is 100. The van der Waals surface area contributed by atoms with Gasteiger partial charge in [0.1, 0.15) is 0 Å². The lowest BCUT2D eigenvalue weighted by molar-refractivity contribution is -0.236. The molecule has 0 atom stereocenters. The van der Waals surface area contributed by atoms with Crippen LogP contribution in [0, 0.1) is 0 Å². The van der Waals surface area contributed by atoms with Crippen molar-refractivity contribution in [2.45, 2.75) is 32.5 Å². The molecule has 0 N–H and O–H groups in total. The summed E-state index contributed by atoms with van der Waals surface area (Å²) in [4.78, 5) is 0.419. The van der Waals surface area contributed by atoms with Gasteiger partial charge in [0.05, 0.1) is 0 Å². The zero-order valence-corrected chi connectivity index (χ0v) is 6.91. The fourth-order valence-corrected chi connectivity index (χ4v) is 0.726. The summed E-state index contributed by atoms with van der Waals surface area (Å²) in [5.41, 5.74) is 0. The summed E-state index contributed by atoms with van der Waals surface area (Å²) < 4.78 is 35.4. The number of rotatable bonds is 4. The van der Waals surface area contributed by atoms with Crippen LogP contribution in [0.25, 0.3) is 0 Å². The van der Waals surface area contributed by atoms with Crippen molar-refractivity contribution in [1.82, 2.24) is 4.90 Å². The van der Waals surface area contributed by atoms with Crippen molar-refractivity contribution in [2.24, 2.45) is 0 Å². The van der Waals surface area contributed by atoms with Crippen LogP contribution in [0.2, 0.25) is 0 Å². The smallest absolute Gasteiger partial charge is 0.217 e. The Hall–Kier alpha value is -0.250. The lowest BCUT2D eigenvalue weighted by Crippen LogP contribution is -2.34. The molecule has 11 heavy (non-hydrogen) atoms. The summed E-state index contributed by atoms with van der Waals surface area (Å²) in [5.74, 6) is 0. The van der Waals surface area contributed by atoms with E-state index in [-0.39, 0.29) is 6.54 Å². The molecule has 0 saturated carbocycles. The molecule has 0 fully saturated rings. The largest absolute Gasteiger partial charge is 0.459 e. The highest BCUT2D eigenvalue weighted by Gasteiger charge is 2.32. The Kier molecular flexibility index (Phi) is 4.49. The van der Waals surface area contributed by atoms with Gasteiger partial charge in [-0.25, -0.2) is 4.90 Å². The Balaban J connectivity index is 3.44. The first-order valence-electron chi connectivity index (χ1n) is 3.76. The summed E-state index contributed by atoms with van der Waals surface area (Å²) in [6, 6.07) is 0. The predicted molar refractivity (Wildman–Crippen MR) is 38.2 cm³/mol. The van der Waals surface area contributed by atoms with E-state index >= 15 is 0 Å². The molecular formula is C7H14F3N. The van der Waals surface area contributed by atoms with Gasteiger partial charge in [-0.3, -0.25) is 0 Å². The molecule has 0 aromatic carbocycles. The third-order valence-electron chi connectivity index (χ3n) is 1.53. The number of hydrogen-bond acceptors (Lipinski definition) is 1. The third-order valence-corrected chi connectivity index (χ3v) is 1.53. The first-order chi connectivity index (χ1) is 4.98. The van der Waals surface area contributed by atoms with E-state index in [0.29, 0.717) is 11.3 Å². The second-order valence-corrected chi connectivity index (χ2v) is 2.60. The van der Waals surface area contributed by atoms with E-state index in [1.54, 1.807) is 0 Å². The molecule has 0 rings (SSSR count). The highest BCUT2D eigenvalue weighted by molar-refractivity contribution is 4.53. The zero-order chi connectivity index (χ0) is 8.91. The van der Waals surface area contributed by atoms with E-state index in [9.17, 15) is 13.2 Å². The van der Waals surface area contributed by atoms with Crippen LogP contribution in [-0.2, 0) is 0 Å². The van der Waals surface area contributed by atoms with Crippen LogP contribution < -0.4 is 0 Å². The molecule has 4 heteroatoms. The maximum atomic E-state index is 11.8. The number of hydrogen-bond donors (Lipinski definition) is 0. The minimum Gasteiger partial charge on any atom is -0.217 e. The highest BCUT2D eigenvalue weighted by Crippen LogP contribution is 2.19. The van der Waals surface area contributed by atoms with E-state index in [0.717, 1.165) is 19.9 Å². The SMILES string of the molecule is CCCCCN(C)C(F)(F)F.